The van der Waals surface area contributed by atoms with Gasteiger partial charge in [-0.1, -0.05) is 0 Å². The highest BCUT2D eigenvalue weighted by Gasteiger charge is 1.98. The first-order valence-electron chi connectivity index (χ1n) is 3.79. The topological polar surface area (TPSA) is 49.2 Å². The van der Waals surface area contributed by atoms with Crippen LogP contribution in [0, 0.1) is 0 Å². The Balaban J connectivity index is 2.72. The van der Waals surface area contributed by atoms with Crippen molar-refractivity contribution in [3.63, 3.8) is 0 Å². The Labute approximate surface area is 71.9 Å². The molecule has 1 aromatic rings. The summed E-state index contributed by atoms with van der Waals surface area (Å²) in [6.07, 6.45) is 1.66. The molecule has 12 heavy (non-hydrogen) atoms. The molecule has 0 spiro atoms. The van der Waals surface area contributed by atoms with Gasteiger partial charge in [0, 0.05) is 6.20 Å². The van der Waals surface area contributed by atoms with Crippen LogP contribution < -0.4 is 0 Å². The summed E-state index contributed by atoms with van der Waals surface area (Å²) in [5.41, 5.74) is 0.668. The van der Waals surface area contributed by atoms with Crippen molar-refractivity contribution in [1.29, 1.82) is 0 Å². The fourth-order valence-corrected chi connectivity index (χ4v) is 0.888. The molecule has 0 aliphatic carbocycles. The molecule has 4 nitrogen and oxygen atoms in total. The van der Waals surface area contributed by atoms with Gasteiger partial charge in [-0.3, -0.25) is 0 Å². The fraction of sp³-hybridized carbons (Fsp3) is 0.500. The van der Waals surface area contributed by atoms with Crippen LogP contribution in [0.15, 0.2) is 12.3 Å². The summed E-state index contributed by atoms with van der Waals surface area (Å²) >= 11 is 0. The van der Waals surface area contributed by atoms with E-state index in [1.54, 1.807) is 12.3 Å². The maximum atomic E-state index is 8.79. The highest BCUT2D eigenvalue weighted by Crippen LogP contribution is 1.97. The third-order valence-corrected chi connectivity index (χ3v) is 1.38. The van der Waals surface area contributed by atoms with Crippen molar-refractivity contribution < 1.29 is 5.11 Å². The largest absolute Gasteiger partial charge is 0.390 e. The van der Waals surface area contributed by atoms with Gasteiger partial charge in [-0.2, -0.15) is 0 Å². The molecule has 66 valence electrons. The van der Waals surface area contributed by atoms with Gasteiger partial charge in [0.25, 0.3) is 0 Å². The predicted molar refractivity (Wildman–Crippen MR) is 45.3 cm³/mol. The molecule has 1 heterocycles. The quantitative estimate of drug-likeness (QED) is 0.690. The zero-order valence-corrected chi connectivity index (χ0v) is 7.36. The van der Waals surface area contributed by atoms with E-state index < -0.39 is 0 Å². The maximum Gasteiger partial charge on any atom is 0.142 e. The monoisotopic (exact) mass is 167 g/mol. The smallest absolute Gasteiger partial charge is 0.142 e. The van der Waals surface area contributed by atoms with Crippen LogP contribution in [0.1, 0.15) is 11.5 Å². The molecule has 1 rings (SSSR count). The van der Waals surface area contributed by atoms with Gasteiger partial charge in [0.15, 0.2) is 0 Å². The molecule has 0 saturated heterocycles. The van der Waals surface area contributed by atoms with Gasteiger partial charge in [0.1, 0.15) is 5.82 Å². The maximum absolute atomic E-state index is 8.79. The van der Waals surface area contributed by atoms with E-state index in [-0.39, 0.29) is 6.61 Å². The van der Waals surface area contributed by atoms with Crippen LogP contribution in [-0.2, 0) is 13.2 Å². The molecule has 0 fully saturated rings. The van der Waals surface area contributed by atoms with Crippen molar-refractivity contribution in [1.82, 2.24) is 14.9 Å². The number of hydrogen-bond donors (Lipinski definition) is 1. The lowest BCUT2D eigenvalue weighted by Crippen LogP contribution is -2.13. The number of aromatic nitrogens is 2. The van der Waals surface area contributed by atoms with E-state index in [2.05, 4.69) is 9.97 Å². The van der Waals surface area contributed by atoms with Gasteiger partial charge in [0.05, 0.1) is 18.8 Å². The predicted octanol–water partition coefficient (Wildman–Crippen LogP) is 0.0305. The van der Waals surface area contributed by atoms with E-state index in [9.17, 15) is 0 Å². The van der Waals surface area contributed by atoms with E-state index in [0.29, 0.717) is 12.2 Å². The normalized spacial score (nSPS) is 10.7. The average molecular weight is 167 g/mol. The van der Waals surface area contributed by atoms with Crippen molar-refractivity contribution in [2.45, 2.75) is 13.2 Å². The molecule has 0 saturated carbocycles. The summed E-state index contributed by atoms with van der Waals surface area (Å²) < 4.78 is 0. The summed E-state index contributed by atoms with van der Waals surface area (Å²) in [5.74, 6) is 0.742. The highest BCUT2D eigenvalue weighted by atomic mass is 16.3. The first-order chi connectivity index (χ1) is 5.72. The Bertz CT molecular complexity index is 250. The SMILES string of the molecule is CN(C)Cc1nccc(CO)n1. The number of hydrogen-bond acceptors (Lipinski definition) is 4. The Morgan fingerprint density at radius 3 is 2.83 bits per heavy atom. The molecule has 1 N–H and O–H groups in total. The summed E-state index contributed by atoms with van der Waals surface area (Å²) in [4.78, 5) is 10.2. The number of aliphatic hydroxyl groups excluding tert-OH is 1. The zero-order valence-electron chi connectivity index (χ0n) is 7.36. The molecule has 0 aliphatic heterocycles. The van der Waals surface area contributed by atoms with Crippen LogP contribution in [0.2, 0.25) is 0 Å². The Morgan fingerprint density at radius 1 is 1.50 bits per heavy atom. The summed E-state index contributed by atoms with van der Waals surface area (Å²) in [6.45, 7) is 0.677. The third kappa shape index (κ3) is 2.56. The molecule has 0 bridgehead atoms. The van der Waals surface area contributed by atoms with Crippen molar-refractivity contribution >= 4 is 0 Å². The van der Waals surface area contributed by atoms with Crippen molar-refractivity contribution in [3.05, 3.63) is 23.8 Å². The second kappa shape index (κ2) is 4.13. The lowest BCUT2D eigenvalue weighted by molar-refractivity contribution is 0.275. The van der Waals surface area contributed by atoms with E-state index in [4.69, 9.17) is 5.11 Å². The van der Waals surface area contributed by atoms with Gasteiger partial charge in [0.2, 0.25) is 0 Å². The highest BCUT2D eigenvalue weighted by molar-refractivity contribution is 5.00. The van der Waals surface area contributed by atoms with Gasteiger partial charge in [-0.15, -0.1) is 0 Å². The first-order valence-corrected chi connectivity index (χ1v) is 3.79. The lowest BCUT2D eigenvalue weighted by Gasteiger charge is -2.07. The molecule has 1 aromatic heterocycles. The molecular weight excluding hydrogens is 154 g/mol. The summed E-state index contributed by atoms with van der Waals surface area (Å²) in [7, 11) is 3.91. The molecule has 0 atom stereocenters. The van der Waals surface area contributed by atoms with Crippen LogP contribution in [0.4, 0.5) is 0 Å². The van der Waals surface area contributed by atoms with Gasteiger partial charge in [-0.25, -0.2) is 9.97 Å². The second-order valence-corrected chi connectivity index (χ2v) is 2.86. The Morgan fingerprint density at radius 2 is 2.25 bits per heavy atom. The molecule has 0 radical (unpaired) electrons. The van der Waals surface area contributed by atoms with Gasteiger partial charge >= 0.3 is 0 Å². The molecule has 4 heteroatoms. The molecule has 0 amide bonds. The summed E-state index contributed by atoms with van der Waals surface area (Å²) in [5, 5.41) is 8.79. The number of nitrogens with zero attached hydrogens (tertiary/aromatic N) is 3. The minimum atomic E-state index is -0.0249. The molecule has 0 aliphatic rings. The molecule has 0 unspecified atom stereocenters. The van der Waals surface area contributed by atoms with Crippen LogP contribution >= 0.6 is 0 Å². The summed E-state index contributed by atoms with van der Waals surface area (Å²) in [6, 6.07) is 1.71. The van der Waals surface area contributed by atoms with Gasteiger partial charge in [-0.05, 0) is 20.2 Å². The minimum Gasteiger partial charge on any atom is -0.390 e. The van der Waals surface area contributed by atoms with E-state index in [1.807, 2.05) is 19.0 Å². The van der Waals surface area contributed by atoms with E-state index in [0.717, 1.165) is 5.82 Å². The second-order valence-electron chi connectivity index (χ2n) is 2.86. The minimum absolute atomic E-state index is 0.0249. The first kappa shape index (κ1) is 9.09. The van der Waals surface area contributed by atoms with E-state index >= 15 is 0 Å². The standard InChI is InChI=1S/C8H13N3O/c1-11(2)5-8-9-4-3-7(6-12)10-8/h3-4,12H,5-6H2,1-2H3. The zero-order chi connectivity index (χ0) is 8.97. The van der Waals surface area contributed by atoms with Crippen molar-refractivity contribution in [2.75, 3.05) is 14.1 Å². The number of rotatable bonds is 3. The van der Waals surface area contributed by atoms with Crippen LogP contribution in [0.5, 0.6) is 0 Å². The van der Waals surface area contributed by atoms with Crippen LogP contribution in [-0.4, -0.2) is 34.1 Å². The Hall–Kier alpha value is -1.00. The molecular formula is C8H13N3O. The van der Waals surface area contributed by atoms with Crippen molar-refractivity contribution in [2.24, 2.45) is 0 Å². The average Bonchev–Trinajstić information content (AvgIpc) is 2.03. The van der Waals surface area contributed by atoms with Crippen LogP contribution in [0.3, 0.4) is 0 Å². The van der Waals surface area contributed by atoms with Crippen molar-refractivity contribution in [3.8, 4) is 0 Å². The lowest BCUT2D eigenvalue weighted by atomic mass is 10.4. The van der Waals surface area contributed by atoms with Crippen LogP contribution in [0.25, 0.3) is 0 Å². The van der Waals surface area contributed by atoms with E-state index in [1.165, 1.54) is 0 Å². The number of aliphatic hydroxyl groups is 1. The molecule has 0 aromatic carbocycles. The Kier molecular flexibility index (Phi) is 3.13. The fourth-order valence-electron chi connectivity index (χ4n) is 0.888. The third-order valence-electron chi connectivity index (χ3n) is 1.38. The van der Waals surface area contributed by atoms with Gasteiger partial charge < -0.3 is 10.0 Å².